The number of hydrogen-bond acceptors (Lipinski definition) is 3. The van der Waals surface area contributed by atoms with Crippen molar-refractivity contribution in [1.82, 2.24) is 20.4 Å². The van der Waals surface area contributed by atoms with E-state index < -0.39 is 0 Å². The zero-order valence-corrected chi connectivity index (χ0v) is 21.4. The minimum absolute atomic E-state index is 0. The Labute approximate surface area is 201 Å². The van der Waals surface area contributed by atoms with Crippen LogP contribution < -0.4 is 10.6 Å². The van der Waals surface area contributed by atoms with Gasteiger partial charge in [-0.1, -0.05) is 31.5 Å². The lowest BCUT2D eigenvalue weighted by Crippen LogP contribution is -2.50. The van der Waals surface area contributed by atoms with Gasteiger partial charge in [0.2, 0.25) is 5.91 Å². The summed E-state index contributed by atoms with van der Waals surface area (Å²) in [6.45, 7) is 14.1. The molecule has 0 aliphatic carbocycles. The summed E-state index contributed by atoms with van der Waals surface area (Å²) in [6, 6.07) is 4.51. The van der Waals surface area contributed by atoms with E-state index in [2.05, 4.69) is 15.5 Å². The lowest BCUT2D eigenvalue weighted by Gasteiger charge is -2.34. The quantitative estimate of drug-likeness (QED) is 0.310. The molecule has 1 aliphatic heterocycles. The van der Waals surface area contributed by atoms with Crippen molar-refractivity contribution in [2.45, 2.75) is 33.1 Å². The number of nitrogens with one attached hydrogen (secondary N) is 2. The molecule has 1 aliphatic rings. The zero-order valence-electron chi connectivity index (χ0n) is 18.3. The number of carbonyl (C=O) groups excluding carboxylic acids is 1. The summed E-state index contributed by atoms with van der Waals surface area (Å²) >= 11 is 6.24. The maximum absolute atomic E-state index is 13.3. The molecule has 0 unspecified atom stereocenters. The summed E-state index contributed by atoms with van der Waals surface area (Å²) in [7, 11) is 0. The third kappa shape index (κ3) is 8.19. The molecule has 1 fully saturated rings. The average molecular weight is 554 g/mol. The van der Waals surface area contributed by atoms with E-state index in [-0.39, 0.29) is 41.1 Å². The first kappa shape index (κ1) is 26.9. The molecule has 0 bridgehead atoms. The van der Waals surface area contributed by atoms with E-state index in [1.54, 1.807) is 13.0 Å². The summed E-state index contributed by atoms with van der Waals surface area (Å²) in [5.41, 5.74) is 0.555. The van der Waals surface area contributed by atoms with Crippen molar-refractivity contribution in [3.8, 4) is 0 Å². The highest BCUT2D eigenvalue weighted by Crippen LogP contribution is 2.30. The monoisotopic (exact) mass is 553 g/mol. The first-order chi connectivity index (χ1) is 13.7. The molecular weight excluding hydrogens is 520 g/mol. The highest BCUT2D eigenvalue weighted by molar-refractivity contribution is 14.0. The number of benzene rings is 1. The van der Waals surface area contributed by atoms with Gasteiger partial charge in [-0.05, 0) is 24.6 Å². The second-order valence-corrected chi connectivity index (χ2v) is 8.38. The molecule has 9 heteroatoms. The summed E-state index contributed by atoms with van der Waals surface area (Å²) in [5.74, 6) is 0.562. The predicted molar refractivity (Wildman–Crippen MR) is 133 cm³/mol. The maximum atomic E-state index is 13.3. The Kier molecular flexibility index (Phi) is 11.4. The van der Waals surface area contributed by atoms with Gasteiger partial charge in [-0.15, -0.1) is 24.0 Å². The highest BCUT2D eigenvalue weighted by Gasteiger charge is 2.24. The van der Waals surface area contributed by atoms with E-state index in [0.717, 1.165) is 57.3 Å². The molecule has 2 rings (SSSR count). The molecule has 0 radical (unpaired) electrons. The predicted octanol–water partition coefficient (Wildman–Crippen LogP) is 3.09. The number of guanidine groups is 1. The van der Waals surface area contributed by atoms with Gasteiger partial charge >= 0.3 is 0 Å². The van der Waals surface area contributed by atoms with Crippen molar-refractivity contribution in [3.05, 3.63) is 34.6 Å². The molecule has 0 aromatic heterocycles. The smallest absolute Gasteiger partial charge is 0.219 e. The van der Waals surface area contributed by atoms with Gasteiger partial charge in [0.05, 0.1) is 6.54 Å². The highest BCUT2D eigenvalue weighted by atomic mass is 127. The lowest BCUT2D eigenvalue weighted by atomic mass is 9.84. The second kappa shape index (κ2) is 12.7. The van der Waals surface area contributed by atoms with Gasteiger partial charge in [0, 0.05) is 63.2 Å². The van der Waals surface area contributed by atoms with E-state index in [1.165, 1.54) is 12.1 Å². The maximum Gasteiger partial charge on any atom is 0.219 e. The number of piperazine rings is 1. The Morgan fingerprint density at radius 2 is 1.90 bits per heavy atom. The molecular formula is C21H34ClFIN5O. The van der Waals surface area contributed by atoms with Gasteiger partial charge in [-0.25, -0.2) is 4.39 Å². The number of carbonyl (C=O) groups is 1. The van der Waals surface area contributed by atoms with Crippen molar-refractivity contribution >= 4 is 47.4 Å². The number of amides is 1. The second-order valence-electron chi connectivity index (χ2n) is 7.98. The normalized spacial score (nSPS) is 15.5. The molecule has 30 heavy (non-hydrogen) atoms. The lowest BCUT2D eigenvalue weighted by molar-refractivity contribution is -0.130. The number of rotatable bonds is 7. The van der Waals surface area contributed by atoms with Crippen molar-refractivity contribution in [2.75, 3.05) is 52.4 Å². The summed E-state index contributed by atoms with van der Waals surface area (Å²) < 4.78 is 13.3. The van der Waals surface area contributed by atoms with Gasteiger partial charge in [0.15, 0.2) is 5.96 Å². The SMILES string of the molecule is CCNC(=NCC(C)(C)c1ccc(F)cc1Cl)NCCN1CCN(C(C)=O)CC1.I. The van der Waals surface area contributed by atoms with Gasteiger partial charge in [0.25, 0.3) is 0 Å². The fraction of sp³-hybridized carbons (Fsp3) is 0.619. The first-order valence-corrected chi connectivity index (χ1v) is 10.6. The zero-order chi connectivity index (χ0) is 21.4. The molecule has 1 heterocycles. The van der Waals surface area contributed by atoms with E-state index in [9.17, 15) is 9.18 Å². The van der Waals surface area contributed by atoms with Crippen molar-refractivity contribution in [1.29, 1.82) is 0 Å². The summed E-state index contributed by atoms with van der Waals surface area (Å²) in [4.78, 5) is 20.4. The standard InChI is InChI=1S/C21H33ClFN5O.HI/c1-5-24-20(25-8-9-27-10-12-28(13-11-27)16(2)29)26-15-21(3,4)18-7-6-17(23)14-19(18)22;/h6-7,14H,5,8-13,15H2,1-4H3,(H2,24,25,26);1H. The van der Waals surface area contributed by atoms with Crippen LogP contribution in [0.1, 0.15) is 33.3 Å². The van der Waals surface area contributed by atoms with E-state index in [1.807, 2.05) is 25.7 Å². The molecule has 6 nitrogen and oxygen atoms in total. The fourth-order valence-corrected chi connectivity index (χ4v) is 3.78. The van der Waals surface area contributed by atoms with E-state index in [4.69, 9.17) is 16.6 Å². The number of halogens is 3. The summed E-state index contributed by atoms with van der Waals surface area (Å²) in [5, 5.41) is 7.06. The van der Waals surface area contributed by atoms with Crippen molar-refractivity contribution < 1.29 is 9.18 Å². The topological polar surface area (TPSA) is 60.0 Å². The van der Waals surface area contributed by atoms with Crippen LogP contribution in [-0.2, 0) is 10.2 Å². The van der Waals surface area contributed by atoms with Crippen LogP contribution in [0.25, 0.3) is 0 Å². The molecule has 0 saturated carbocycles. The average Bonchev–Trinajstić information content (AvgIpc) is 2.66. The Morgan fingerprint density at radius 1 is 1.23 bits per heavy atom. The number of hydrogen-bond donors (Lipinski definition) is 2. The largest absolute Gasteiger partial charge is 0.357 e. The van der Waals surface area contributed by atoms with Crippen LogP contribution in [0.2, 0.25) is 5.02 Å². The van der Waals surface area contributed by atoms with Crippen LogP contribution in [-0.4, -0.2) is 74.0 Å². The van der Waals surface area contributed by atoms with Crippen LogP contribution in [0.4, 0.5) is 4.39 Å². The molecule has 1 amide bonds. The number of nitrogens with zero attached hydrogens (tertiary/aromatic N) is 3. The Bertz CT molecular complexity index is 723. The van der Waals surface area contributed by atoms with Crippen LogP contribution >= 0.6 is 35.6 Å². The molecule has 2 N–H and O–H groups in total. The number of aliphatic imine (C=N–C) groups is 1. The third-order valence-electron chi connectivity index (χ3n) is 5.18. The van der Waals surface area contributed by atoms with Gasteiger partial charge in [0.1, 0.15) is 5.82 Å². The first-order valence-electron chi connectivity index (χ1n) is 10.2. The Hall–Kier alpha value is -1.13. The van der Waals surface area contributed by atoms with Crippen LogP contribution in [0, 0.1) is 5.82 Å². The molecule has 1 saturated heterocycles. The molecule has 1 aromatic carbocycles. The van der Waals surface area contributed by atoms with Gasteiger partial charge in [-0.3, -0.25) is 14.7 Å². The van der Waals surface area contributed by atoms with Crippen LogP contribution in [0.15, 0.2) is 23.2 Å². The van der Waals surface area contributed by atoms with Crippen LogP contribution in [0.5, 0.6) is 0 Å². The van der Waals surface area contributed by atoms with E-state index >= 15 is 0 Å². The fourth-order valence-electron chi connectivity index (χ4n) is 3.36. The minimum atomic E-state index is -0.336. The third-order valence-corrected chi connectivity index (χ3v) is 5.49. The summed E-state index contributed by atoms with van der Waals surface area (Å²) in [6.07, 6.45) is 0. The van der Waals surface area contributed by atoms with Gasteiger partial charge < -0.3 is 15.5 Å². The van der Waals surface area contributed by atoms with Crippen molar-refractivity contribution in [2.24, 2.45) is 4.99 Å². The van der Waals surface area contributed by atoms with Gasteiger partial charge in [-0.2, -0.15) is 0 Å². The van der Waals surface area contributed by atoms with Crippen LogP contribution in [0.3, 0.4) is 0 Å². The Morgan fingerprint density at radius 3 is 2.47 bits per heavy atom. The minimum Gasteiger partial charge on any atom is -0.357 e. The molecule has 1 aromatic rings. The van der Waals surface area contributed by atoms with Crippen molar-refractivity contribution in [3.63, 3.8) is 0 Å². The van der Waals surface area contributed by atoms with E-state index in [0.29, 0.717) is 11.6 Å². The molecule has 0 spiro atoms. The molecule has 0 atom stereocenters. The Balaban J connectivity index is 0.00000450. The molecule has 170 valence electrons.